The van der Waals surface area contributed by atoms with E-state index in [1.807, 2.05) is 13.8 Å². The molecule has 1 aliphatic heterocycles. The Hall–Kier alpha value is -2.54. The van der Waals surface area contributed by atoms with E-state index in [0.717, 1.165) is 4.57 Å². The van der Waals surface area contributed by atoms with E-state index < -0.39 is 56.0 Å². The summed E-state index contributed by atoms with van der Waals surface area (Å²) in [7, 11) is -2.97. The maximum atomic E-state index is 13.8. The fraction of sp³-hybridized carbons (Fsp3) is 0.458. The molecule has 1 aliphatic rings. The lowest BCUT2D eigenvalue weighted by Gasteiger charge is -2.26. The van der Waals surface area contributed by atoms with Crippen LogP contribution in [0.15, 0.2) is 51.1 Å². The predicted octanol–water partition coefficient (Wildman–Crippen LogP) is 2.93. The number of nitrogens with zero attached hydrogens (tertiary/aromatic N) is 1. The fourth-order valence-electron chi connectivity index (χ4n) is 3.83. The molecule has 0 bridgehead atoms. The van der Waals surface area contributed by atoms with Crippen molar-refractivity contribution in [2.24, 2.45) is 5.92 Å². The second kappa shape index (κ2) is 13.5. The number of aliphatic hydroxyl groups excluding tert-OH is 1. The molecular formula is C24H31BrN3O9P. The molecule has 1 aromatic carbocycles. The first-order chi connectivity index (χ1) is 18.0. The Morgan fingerprint density at radius 2 is 2.05 bits per heavy atom. The van der Waals surface area contributed by atoms with Gasteiger partial charge in [0.05, 0.1) is 25.4 Å². The van der Waals surface area contributed by atoms with E-state index in [9.17, 15) is 24.1 Å². The highest BCUT2D eigenvalue weighted by atomic mass is 79.9. The summed E-state index contributed by atoms with van der Waals surface area (Å²) < 4.78 is 37.0. The Morgan fingerprint density at radius 3 is 2.68 bits per heavy atom. The van der Waals surface area contributed by atoms with Gasteiger partial charge in [-0.05, 0) is 35.5 Å². The van der Waals surface area contributed by atoms with Crippen molar-refractivity contribution in [1.29, 1.82) is 0 Å². The first-order valence-electron chi connectivity index (χ1n) is 11.9. The maximum Gasteiger partial charge on any atom is 0.459 e. The van der Waals surface area contributed by atoms with Crippen molar-refractivity contribution in [1.82, 2.24) is 14.6 Å². The number of hydrogen-bond acceptors (Lipinski definition) is 9. The van der Waals surface area contributed by atoms with Crippen LogP contribution in [0.5, 0.6) is 5.75 Å². The highest BCUT2D eigenvalue weighted by Gasteiger charge is 2.40. The number of carbonyl (C=O) groups excluding carboxylic acids is 1. The summed E-state index contributed by atoms with van der Waals surface area (Å²) >= 11 is 3.09. The standard InChI is InChI=1S/C24H31BrN3O9P/c1-15(2)11-18(23(31)34-3)27-38(33,37-17-7-5-4-6-8-17)35-14-20-19(29)12-21(36-20)28-13-16(9-10-25)22(30)26-24(28)32/h4-10,13,15,18-21,29H,11-12,14H2,1-3H3,(H,27,33)(H,26,30,32)/t18-,19?,20+,21+,38?/m0/s1. The molecule has 0 saturated carbocycles. The minimum absolute atomic E-state index is 0.00680. The van der Waals surface area contributed by atoms with Crippen molar-refractivity contribution < 1.29 is 33.0 Å². The number of nitrogens with one attached hydrogen (secondary N) is 2. The average molecular weight is 616 g/mol. The summed E-state index contributed by atoms with van der Waals surface area (Å²) in [6.07, 6.45) is 0.0687. The van der Waals surface area contributed by atoms with E-state index >= 15 is 0 Å². The summed E-state index contributed by atoms with van der Waals surface area (Å²) in [6, 6.07) is 7.28. The van der Waals surface area contributed by atoms with Crippen molar-refractivity contribution in [3.8, 4) is 5.75 Å². The first kappa shape index (κ1) is 30.0. The van der Waals surface area contributed by atoms with Gasteiger partial charge in [0.15, 0.2) is 0 Å². The Morgan fingerprint density at radius 1 is 1.34 bits per heavy atom. The molecule has 3 N–H and O–H groups in total. The number of para-hydroxylation sites is 1. The van der Waals surface area contributed by atoms with Gasteiger partial charge in [-0.3, -0.25) is 23.7 Å². The molecule has 12 nitrogen and oxygen atoms in total. The number of carbonyl (C=O) groups is 1. The summed E-state index contributed by atoms with van der Waals surface area (Å²) in [5.74, 6) is -0.353. The normalized spacial score (nSPS) is 21.9. The van der Waals surface area contributed by atoms with E-state index in [-0.39, 0.29) is 23.7 Å². The van der Waals surface area contributed by atoms with E-state index in [0.29, 0.717) is 6.42 Å². The third-order valence-electron chi connectivity index (χ3n) is 5.64. The molecule has 0 amide bonds. The largest absolute Gasteiger partial charge is 0.468 e. The number of halogens is 1. The highest BCUT2D eigenvalue weighted by molar-refractivity contribution is 9.11. The van der Waals surface area contributed by atoms with Gasteiger partial charge < -0.3 is 19.1 Å². The Labute approximate surface area is 227 Å². The number of benzene rings is 1. The zero-order valence-electron chi connectivity index (χ0n) is 21.1. The van der Waals surface area contributed by atoms with Crippen LogP contribution in [0.1, 0.15) is 38.5 Å². The summed E-state index contributed by atoms with van der Waals surface area (Å²) in [5, 5.41) is 13.3. The van der Waals surface area contributed by atoms with Gasteiger partial charge >= 0.3 is 19.4 Å². The van der Waals surface area contributed by atoms with Gasteiger partial charge in [-0.1, -0.05) is 48.0 Å². The molecule has 14 heteroatoms. The maximum absolute atomic E-state index is 13.8. The van der Waals surface area contributed by atoms with Crippen molar-refractivity contribution in [2.45, 2.75) is 51.2 Å². The van der Waals surface area contributed by atoms with Crippen LogP contribution < -0.4 is 20.9 Å². The molecule has 208 valence electrons. The Balaban J connectivity index is 1.80. The fourth-order valence-corrected chi connectivity index (χ4v) is 5.62. The predicted molar refractivity (Wildman–Crippen MR) is 143 cm³/mol. The van der Waals surface area contributed by atoms with Crippen molar-refractivity contribution in [2.75, 3.05) is 13.7 Å². The number of hydrogen-bond donors (Lipinski definition) is 3. The molecule has 0 aliphatic carbocycles. The zero-order chi connectivity index (χ0) is 27.9. The van der Waals surface area contributed by atoms with Crippen LogP contribution in [0.2, 0.25) is 0 Å². The van der Waals surface area contributed by atoms with E-state index in [1.54, 1.807) is 30.3 Å². The van der Waals surface area contributed by atoms with Crippen LogP contribution in [0.3, 0.4) is 0 Å². The summed E-state index contributed by atoms with van der Waals surface area (Å²) in [6.45, 7) is 3.39. The summed E-state index contributed by atoms with van der Waals surface area (Å²) in [4.78, 5) is 40.4. The third-order valence-corrected chi connectivity index (χ3v) is 7.47. The number of aromatic amines is 1. The molecule has 0 spiro atoms. The number of esters is 1. The molecule has 2 aromatic rings. The average Bonchev–Trinajstić information content (AvgIpc) is 3.24. The minimum atomic E-state index is -4.20. The molecule has 38 heavy (non-hydrogen) atoms. The van der Waals surface area contributed by atoms with Gasteiger partial charge in [0.1, 0.15) is 24.1 Å². The minimum Gasteiger partial charge on any atom is -0.468 e. The monoisotopic (exact) mass is 615 g/mol. The quantitative estimate of drug-likeness (QED) is 0.239. The van der Waals surface area contributed by atoms with Crippen LogP contribution >= 0.6 is 23.7 Å². The number of aliphatic hydroxyl groups is 1. The van der Waals surface area contributed by atoms with Gasteiger partial charge in [-0.25, -0.2) is 9.36 Å². The van der Waals surface area contributed by atoms with E-state index in [4.69, 9.17) is 18.5 Å². The molecule has 1 aromatic heterocycles. The lowest BCUT2D eigenvalue weighted by molar-refractivity contribution is -0.143. The molecular weight excluding hydrogens is 585 g/mol. The van der Waals surface area contributed by atoms with Crippen LogP contribution in [0.4, 0.5) is 0 Å². The topological polar surface area (TPSA) is 158 Å². The molecule has 2 unspecified atom stereocenters. The molecule has 2 heterocycles. The number of H-pyrrole nitrogens is 1. The molecule has 1 saturated heterocycles. The number of methoxy groups -OCH3 is 1. The molecule has 3 rings (SSSR count). The lowest BCUT2D eigenvalue weighted by Crippen LogP contribution is -2.39. The third kappa shape index (κ3) is 7.98. The molecule has 0 radical (unpaired) electrons. The van der Waals surface area contributed by atoms with Gasteiger partial charge in [0.25, 0.3) is 5.56 Å². The Bertz CT molecular complexity index is 1280. The second-order valence-corrected chi connectivity index (χ2v) is 11.2. The first-order valence-corrected chi connectivity index (χ1v) is 14.3. The van der Waals surface area contributed by atoms with Crippen LogP contribution in [0, 0.1) is 5.92 Å². The van der Waals surface area contributed by atoms with Crippen LogP contribution in [-0.2, 0) is 23.4 Å². The molecule has 5 atom stereocenters. The number of aromatic nitrogens is 2. The smallest absolute Gasteiger partial charge is 0.459 e. The van der Waals surface area contributed by atoms with Gasteiger partial charge in [-0.2, -0.15) is 5.09 Å². The van der Waals surface area contributed by atoms with Crippen molar-refractivity contribution >= 4 is 35.7 Å². The summed E-state index contributed by atoms with van der Waals surface area (Å²) in [5.41, 5.74) is -1.09. The molecule has 1 fully saturated rings. The van der Waals surface area contributed by atoms with E-state index in [1.165, 1.54) is 24.4 Å². The van der Waals surface area contributed by atoms with Crippen molar-refractivity contribution in [3.05, 3.63) is 67.9 Å². The number of ether oxygens (including phenoxy) is 2. The SMILES string of the molecule is COC(=O)[C@H](CC(C)C)NP(=O)(OC[C@H]1O[C@@H](n2cc(C=CBr)c(=O)[nH]c2=O)CC1O)Oc1ccccc1. The van der Waals surface area contributed by atoms with Crippen LogP contribution in [-0.4, -0.2) is 52.6 Å². The van der Waals surface area contributed by atoms with Gasteiger partial charge in [0.2, 0.25) is 0 Å². The highest BCUT2D eigenvalue weighted by Crippen LogP contribution is 2.46. The van der Waals surface area contributed by atoms with Gasteiger partial charge in [-0.15, -0.1) is 0 Å². The second-order valence-electron chi connectivity index (χ2n) is 9.01. The zero-order valence-corrected chi connectivity index (χ0v) is 23.6. The van der Waals surface area contributed by atoms with E-state index in [2.05, 4.69) is 26.0 Å². The van der Waals surface area contributed by atoms with Crippen molar-refractivity contribution in [3.63, 3.8) is 0 Å². The van der Waals surface area contributed by atoms with Gasteiger partial charge in [0, 0.05) is 12.6 Å². The Kier molecular flexibility index (Phi) is 10.7. The lowest BCUT2D eigenvalue weighted by atomic mass is 10.1. The number of rotatable bonds is 12. The van der Waals surface area contributed by atoms with Crippen LogP contribution in [0.25, 0.3) is 6.08 Å².